The second-order valence-electron chi connectivity index (χ2n) is 12.9. The van der Waals surface area contributed by atoms with E-state index in [1.54, 1.807) is 0 Å². The van der Waals surface area contributed by atoms with E-state index in [1.165, 1.54) is 67.6 Å². The minimum atomic E-state index is 0.913. The van der Waals surface area contributed by atoms with E-state index < -0.39 is 0 Å². The van der Waals surface area contributed by atoms with Crippen molar-refractivity contribution in [2.75, 3.05) is 4.90 Å². The van der Waals surface area contributed by atoms with Gasteiger partial charge in [-0.15, -0.1) is 22.7 Å². The van der Waals surface area contributed by atoms with Gasteiger partial charge in [-0.1, -0.05) is 84.9 Å². The van der Waals surface area contributed by atoms with E-state index in [4.69, 9.17) is 4.42 Å². The summed E-state index contributed by atoms with van der Waals surface area (Å²) in [5.74, 6) is 0. The van der Waals surface area contributed by atoms with E-state index in [2.05, 4.69) is 169 Å². The standard InChI is InChI=1S/C46H27NOS2/c1-2-8-34-29(7-1)15-22-41-46(34)39-25-30(16-21-40(39)48-41)28-13-17-31(18-14-28)47(32-19-23-44-37(26-32)35-9-3-5-11-42(35)49-44)33-20-24-45-38(27-33)36-10-4-6-12-43(36)50-45/h1-27H. The lowest BCUT2D eigenvalue weighted by atomic mass is 9.99. The predicted molar refractivity (Wildman–Crippen MR) is 217 cm³/mol. The second-order valence-corrected chi connectivity index (χ2v) is 15.1. The predicted octanol–water partition coefficient (Wildman–Crippen LogP) is 14.6. The molecule has 234 valence electrons. The van der Waals surface area contributed by atoms with E-state index in [-0.39, 0.29) is 0 Å². The molecule has 2 nitrogen and oxygen atoms in total. The minimum Gasteiger partial charge on any atom is -0.456 e. The van der Waals surface area contributed by atoms with Crippen molar-refractivity contribution in [2.45, 2.75) is 0 Å². The third kappa shape index (κ3) is 4.26. The fraction of sp³-hybridized carbons (Fsp3) is 0. The van der Waals surface area contributed by atoms with Crippen LogP contribution >= 0.6 is 22.7 Å². The largest absolute Gasteiger partial charge is 0.456 e. The molecule has 0 amide bonds. The van der Waals surface area contributed by atoms with Gasteiger partial charge in [-0.2, -0.15) is 0 Å². The molecule has 0 spiro atoms. The number of hydrogen-bond acceptors (Lipinski definition) is 4. The molecule has 0 saturated heterocycles. The Hall–Kier alpha value is -5.94. The fourth-order valence-electron chi connectivity index (χ4n) is 7.68. The van der Waals surface area contributed by atoms with E-state index in [1.807, 2.05) is 22.7 Å². The molecule has 50 heavy (non-hydrogen) atoms. The van der Waals surface area contributed by atoms with Crippen molar-refractivity contribution < 1.29 is 4.42 Å². The van der Waals surface area contributed by atoms with Gasteiger partial charge in [0.05, 0.1) is 0 Å². The SMILES string of the molecule is c1ccc2c(c1)ccc1oc3ccc(-c4ccc(N(c5ccc6sc7ccccc7c6c5)c5ccc6sc7ccccc7c6c5)cc4)cc3c12. The Labute approximate surface area is 295 Å². The number of benzene rings is 8. The lowest BCUT2D eigenvalue weighted by Gasteiger charge is -2.26. The smallest absolute Gasteiger partial charge is 0.136 e. The first-order chi connectivity index (χ1) is 24.7. The molecule has 0 atom stereocenters. The van der Waals surface area contributed by atoms with Crippen LogP contribution in [0.4, 0.5) is 17.1 Å². The molecule has 3 aromatic heterocycles. The average Bonchev–Trinajstić information content (AvgIpc) is 3.86. The molecule has 0 bridgehead atoms. The summed E-state index contributed by atoms with van der Waals surface area (Å²) in [4.78, 5) is 2.40. The monoisotopic (exact) mass is 673 g/mol. The molecular formula is C46H27NOS2. The van der Waals surface area contributed by atoms with Crippen molar-refractivity contribution in [1.82, 2.24) is 0 Å². The van der Waals surface area contributed by atoms with E-state index in [9.17, 15) is 0 Å². The molecule has 0 radical (unpaired) electrons. The first-order valence-electron chi connectivity index (χ1n) is 16.8. The molecule has 8 aromatic carbocycles. The molecule has 4 heteroatoms. The van der Waals surface area contributed by atoms with Gasteiger partial charge in [-0.05, 0) is 101 Å². The number of thiophene rings is 2. The van der Waals surface area contributed by atoms with Gasteiger partial charge < -0.3 is 9.32 Å². The van der Waals surface area contributed by atoms with Crippen LogP contribution in [0.2, 0.25) is 0 Å². The maximum atomic E-state index is 6.30. The zero-order chi connectivity index (χ0) is 32.8. The molecule has 0 aliphatic heterocycles. The van der Waals surface area contributed by atoms with E-state index >= 15 is 0 Å². The Kier molecular flexibility index (Phi) is 6.03. The van der Waals surface area contributed by atoms with Gasteiger partial charge in [0.15, 0.2) is 0 Å². The highest BCUT2D eigenvalue weighted by Gasteiger charge is 2.18. The number of furan rings is 1. The van der Waals surface area contributed by atoms with Gasteiger partial charge in [-0.3, -0.25) is 0 Å². The molecule has 0 aliphatic carbocycles. The molecule has 11 rings (SSSR count). The zero-order valence-electron chi connectivity index (χ0n) is 26.8. The summed E-state index contributed by atoms with van der Waals surface area (Å²) < 4.78 is 11.5. The van der Waals surface area contributed by atoms with Crippen molar-refractivity contribution in [3.8, 4) is 11.1 Å². The summed E-state index contributed by atoms with van der Waals surface area (Å²) in [6.07, 6.45) is 0. The van der Waals surface area contributed by atoms with Crippen LogP contribution in [0.15, 0.2) is 168 Å². The average molecular weight is 674 g/mol. The minimum absolute atomic E-state index is 0.913. The summed E-state index contributed by atoms with van der Waals surface area (Å²) in [5.41, 5.74) is 7.58. The van der Waals surface area contributed by atoms with E-state index in [0.717, 1.165) is 33.6 Å². The first-order valence-corrected chi connectivity index (χ1v) is 18.5. The second kappa shape index (κ2) is 10.8. The summed E-state index contributed by atoms with van der Waals surface area (Å²) in [6.45, 7) is 0. The number of anilines is 3. The van der Waals surface area contributed by atoms with Crippen LogP contribution in [-0.4, -0.2) is 0 Å². The van der Waals surface area contributed by atoms with E-state index in [0.29, 0.717) is 0 Å². The van der Waals surface area contributed by atoms with Crippen LogP contribution in [-0.2, 0) is 0 Å². The van der Waals surface area contributed by atoms with Gasteiger partial charge in [-0.25, -0.2) is 0 Å². The lowest BCUT2D eigenvalue weighted by Crippen LogP contribution is -2.09. The van der Waals surface area contributed by atoms with Gasteiger partial charge in [0.2, 0.25) is 0 Å². The number of rotatable bonds is 4. The summed E-state index contributed by atoms with van der Waals surface area (Å²) >= 11 is 3.71. The van der Waals surface area contributed by atoms with Crippen molar-refractivity contribution in [3.63, 3.8) is 0 Å². The van der Waals surface area contributed by atoms with Crippen LogP contribution in [0.25, 0.3) is 84.2 Å². The van der Waals surface area contributed by atoms with Crippen molar-refractivity contribution >= 4 is 113 Å². The third-order valence-electron chi connectivity index (χ3n) is 10.1. The van der Waals surface area contributed by atoms with Crippen LogP contribution in [0.3, 0.4) is 0 Å². The molecule has 0 aliphatic rings. The Balaban J connectivity index is 1.07. The highest BCUT2D eigenvalue weighted by molar-refractivity contribution is 7.26. The van der Waals surface area contributed by atoms with Crippen LogP contribution in [0.1, 0.15) is 0 Å². The quantitative estimate of drug-likeness (QED) is 0.185. The van der Waals surface area contributed by atoms with Gasteiger partial charge in [0, 0.05) is 68.2 Å². The summed E-state index contributed by atoms with van der Waals surface area (Å²) in [5, 5.41) is 9.96. The lowest BCUT2D eigenvalue weighted by molar-refractivity contribution is 0.669. The maximum absolute atomic E-state index is 6.30. The molecule has 11 aromatic rings. The van der Waals surface area contributed by atoms with Crippen molar-refractivity contribution in [2.24, 2.45) is 0 Å². The van der Waals surface area contributed by atoms with Crippen molar-refractivity contribution in [1.29, 1.82) is 0 Å². The molecular weight excluding hydrogens is 647 g/mol. The fourth-order valence-corrected chi connectivity index (χ4v) is 9.86. The first kappa shape index (κ1) is 28.0. The third-order valence-corrected chi connectivity index (χ3v) is 12.4. The molecule has 0 fully saturated rings. The van der Waals surface area contributed by atoms with Crippen molar-refractivity contribution in [3.05, 3.63) is 164 Å². The van der Waals surface area contributed by atoms with Crippen LogP contribution in [0, 0.1) is 0 Å². The van der Waals surface area contributed by atoms with Crippen LogP contribution < -0.4 is 4.90 Å². The topological polar surface area (TPSA) is 16.4 Å². The van der Waals surface area contributed by atoms with Crippen LogP contribution in [0.5, 0.6) is 0 Å². The maximum Gasteiger partial charge on any atom is 0.136 e. The number of fused-ring (bicyclic) bond motifs is 11. The molecule has 0 saturated carbocycles. The Morgan fingerprint density at radius 1 is 0.360 bits per heavy atom. The van der Waals surface area contributed by atoms with Gasteiger partial charge in [0.25, 0.3) is 0 Å². The zero-order valence-corrected chi connectivity index (χ0v) is 28.4. The Bertz CT molecular complexity index is 2990. The van der Waals surface area contributed by atoms with Gasteiger partial charge in [0.1, 0.15) is 11.2 Å². The Morgan fingerprint density at radius 3 is 1.58 bits per heavy atom. The molecule has 0 unspecified atom stereocenters. The number of hydrogen-bond donors (Lipinski definition) is 0. The highest BCUT2D eigenvalue weighted by Crippen LogP contribution is 2.44. The molecule has 3 heterocycles. The summed E-state index contributed by atoms with van der Waals surface area (Å²) in [7, 11) is 0. The van der Waals surface area contributed by atoms with Gasteiger partial charge >= 0.3 is 0 Å². The highest BCUT2D eigenvalue weighted by atomic mass is 32.1. The number of nitrogens with zero attached hydrogens (tertiary/aromatic N) is 1. The Morgan fingerprint density at radius 2 is 0.900 bits per heavy atom. The normalized spacial score (nSPS) is 12.0. The molecule has 0 N–H and O–H groups in total. The summed E-state index contributed by atoms with van der Waals surface area (Å²) in [6, 6.07) is 59.6.